The quantitative estimate of drug-likeness (QED) is 0.490. The lowest BCUT2D eigenvalue weighted by atomic mass is 10.2. The monoisotopic (exact) mass is 362 g/mol. The van der Waals surface area contributed by atoms with Gasteiger partial charge in [0.05, 0.1) is 23.5 Å². The van der Waals surface area contributed by atoms with Gasteiger partial charge in [-0.15, -0.1) is 11.3 Å². The summed E-state index contributed by atoms with van der Waals surface area (Å²) >= 11 is 0.773. The van der Waals surface area contributed by atoms with E-state index >= 15 is 0 Å². The molecule has 3 atom stereocenters. The first-order valence-corrected chi connectivity index (χ1v) is 7.94. The van der Waals surface area contributed by atoms with E-state index in [1.54, 1.807) is 0 Å². The van der Waals surface area contributed by atoms with Crippen molar-refractivity contribution in [1.29, 1.82) is 0 Å². The summed E-state index contributed by atoms with van der Waals surface area (Å²) in [7, 11) is 0. The summed E-state index contributed by atoms with van der Waals surface area (Å²) in [6, 6.07) is 0. The molecule has 1 aliphatic rings. The maximum absolute atomic E-state index is 12.6. The lowest BCUT2D eigenvalue weighted by Gasteiger charge is -2.13. The molecule has 1 fully saturated rings. The number of hydrogen-bond acceptors (Lipinski definition) is 6. The number of carbonyl (C=O) groups excluding carboxylic acids is 3. The second-order valence-electron chi connectivity index (χ2n) is 5.33. The van der Waals surface area contributed by atoms with Crippen molar-refractivity contribution < 1.29 is 28.3 Å². The topological polar surface area (TPSA) is 134 Å². The van der Waals surface area contributed by atoms with Crippen LogP contribution >= 0.6 is 11.3 Å². The molecule has 2 rings (SSSR count). The average molecular weight is 362 g/mol. The number of rotatable bonds is 8. The number of primary amides is 1. The Hall–Kier alpha value is -2.14. The summed E-state index contributed by atoms with van der Waals surface area (Å²) in [4.78, 5) is 37.5. The Morgan fingerprint density at radius 2 is 2.00 bits per heavy atom. The maximum Gasteiger partial charge on any atom is 0.281 e. The number of alkyl halides is 2. The standard InChI is InChI=1S/C13H16F2N4O4S/c14-10(15)8-9(24-4-19-8)13(23)18-3-5(20)2-17-12(22)7-1-6(7)11(16)21/h4-7,10,20H,1-3H2,(H2,16,21)(H,17,22)(H,18,23)/t5?,6-,7+/m1/s1. The fourth-order valence-electron chi connectivity index (χ4n) is 2.09. The van der Waals surface area contributed by atoms with E-state index in [2.05, 4.69) is 15.6 Å². The van der Waals surface area contributed by atoms with E-state index in [-0.39, 0.29) is 18.0 Å². The first-order valence-electron chi connectivity index (χ1n) is 7.06. The van der Waals surface area contributed by atoms with Crippen LogP contribution in [0.25, 0.3) is 0 Å². The van der Waals surface area contributed by atoms with Crippen molar-refractivity contribution in [1.82, 2.24) is 15.6 Å². The Kier molecular flexibility index (Phi) is 5.78. The number of aliphatic hydroxyl groups excluding tert-OH is 1. The highest BCUT2D eigenvalue weighted by molar-refractivity contribution is 7.11. The largest absolute Gasteiger partial charge is 0.389 e. The molecule has 0 aliphatic heterocycles. The number of amides is 3. The molecule has 1 saturated carbocycles. The van der Waals surface area contributed by atoms with E-state index in [1.165, 1.54) is 0 Å². The molecule has 24 heavy (non-hydrogen) atoms. The van der Waals surface area contributed by atoms with Crippen molar-refractivity contribution in [3.63, 3.8) is 0 Å². The fraction of sp³-hybridized carbons (Fsp3) is 0.538. The summed E-state index contributed by atoms with van der Waals surface area (Å²) in [6.45, 7) is -0.380. The second-order valence-corrected chi connectivity index (χ2v) is 6.18. The fourth-order valence-corrected chi connectivity index (χ4v) is 2.81. The first kappa shape index (κ1) is 18.2. The number of carbonyl (C=O) groups is 3. The van der Waals surface area contributed by atoms with Crippen molar-refractivity contribution in [2.45, 2.75) is 19.0 Å². The predicted octanol–water partition coefficient (Wildman–Crippen LogP) is -0.591. The highest BCUT2D eigenvalue weighted by Gasteiger charge is 2.46. The van der Waals surface area contributed by atoms with Gasteiger partial charge in [-0.2, -0.15) is 0 Å². The van der Waals surface area contributed by atoms with Crippen LogP contribution in [0, 0.1) is 11.8 Å². The van der Waals surface area contributed by atoms with E-state index < -0.39 is 47.8 Å². The van der Waals surface area contributed by atoms with Gasteiger partial charge in [0, 0.05) is 13.1 Å². The Balaban J connectivity index is 1.72. The molecule has 3 amide bonds. The minimum absolute atomic E-state index is 0.147. The van der Waals surface area contributed by atoms with Gasteiger partial charge in [-0.3, -0.25) is 14.4 Å². The van der Waals surface area contributed by atoms with Crippen LogP contribution in [0.2, 0.25) is 0 Å². The van der Waals surface area contributed by atoms with Crippen LogP contribution in [0.1, 0.15) is 28.2 Å². The predicted molar refractivity (Wildman–Crippen MR) is 79.2 cm³/mol. The Morgan fingerprint density at radius 1 is 1.33 bits per heavy atom. The number of thiazole rings is 1. The number of hydrogen-bond donors (Lipinski definition) is 4. The zero-order valence-electron chi connectivity index (χ0n) is 12.4. The van der Waals surface area contributed by atoms with Crippen molar-refractivity contribution in [2.75, 3.05) is 13.1 Å². The molecule has 1 aliphatic carbocycles. The van der Waals surface area contributed by atoms with E-state index in [0.29, 0.717) is 6.42 Å². The molecule has 11 heteroatoms. The summed E-state index contributed by atoms with van der Waals surface area (Å²) in [5.41, 5.74) is 5.60. The van der Waals surface area contributed by atoms with Crippen LogP contribution in [-0.4, -0.2) is 47.0 Å². The number of nitrogens with one attached hydrogen (secondary N) is 2. The minimum atomic E-state index is -2.86. The van der Waals surface area contributed by atoms with E-state index in [9.17, 15) is 28.3 Å². The van der Waals surface area contributed by atoms with Crippen LogP contribution in [0.4, 0.5) is 8.78 Å². The van der Waals surface area contributed by atoms with Crippen molar-refractivity contribution in [3.8, 4) is 0 Å². The van der Waals surface area contributed by atoms with Gasteiger partial charge in [0.1, 0.15) is 10.6 Å². The number of aromatic nitrogens is 1. The molecular weight excluding hydrogens is 346 g/mol. The smallest absolute Gasteiger partial charge is 0.281 e. The molecule has 0 radical (unpaired) electrons. The number of nitrogens with two attached hydrogens (primary N) is 1. The molecule has 0 bridgehead atoms. The summed E-state index contributed by atoms with van der Waals surface area (Å²) in [6.07, 6.45) is -3.58. The molecule has 1 aromatic heterocycles. The third-order valence-corrected chi connectivity index (χ3v) is 4.35. The molecule has 132 valence electrons. The molecule has 0 aromatic carbocycles. The zero-order chi connectivity index (χ0) is 17.9. The van der Waals surface area contributed by atoms with Crippen LogP contribution in [0.3, 0.4) is 0 Å². The minimum Gasteiger partial charge on any atom is -0.389 e. The number of halogens is 2. The van der Waals surface area contributed by atoms with Gasteiger partial charge in [0.2, 0.25) is 11.8 Å². The number of aliphatic hydroxyl groups is 1. The Morgan fingerprint density at radius 3 is 2.58 bits per heavy atom. The van der Waals surface area contributed by atoms with Gasteiger partial charge < -0.3 is 21.5 Å². The molecule has 1 unspecified atom stereocenters. The van der Waals surface area contributed by atoms with Crippen LogP contribution in [-0.2, 0) is 9.59 Å². The van der Waals surface area contributed by atoms with E-state index in [0.717, 1.165) is 16.8 Å². The van der Waals surface area contributed by atoms with Crippen LogP contribution in [0.15, 0.2) is 5.51 Å². The van der Waals surface area contributed by atoms with E-state index in [1.807, 2.05) is 0 Å². The van der Waals surface area contributed by atoms with Crippen molar-refractivity contribution in [3.05, 3.63) is 16.1 Å². The molecule has 1 aromatic rings. The van der Waals surface area contributed by atoms with Crippen LogP contribution in [0.5, 0.6) is 0 Å². The molecule has 0 saturated heterocycles. The maximum atomic E-state index is 12.6. The van der Waals surface area contributed by atoms with Crippen molar-refractivity contribution in [2.24, 2.45) is 17.6 Å². The highest BCUT2D eigenvalue weighted by Crippen LogP contribution is 2.38. The average Bonchev–Trinajstić information content (AvgIpc) is 3.18. The van der Waals surface area contributed by atoms with Crippen molar-refractivity contribution >= 4 is 29.1 Å². The molecule has 5 N–H and O–H groups in total. The third kappa shape index (κ3) is 4.45. The van der Waals surface area contributed by atoms with E-state index in [4.69, 9.17) is 5.73 Å². The van der Waals surface area contributed by atoms with Gasteiger partial charge in [0.15, 0.2) is 0 Å². The Labute approximate surface area is 139 Å². The van der Waals surface area contributed by atoms with Crippen LogP contribution < -0.4 is 16.4 Å². The summed E-state index contributed by atoms with van der Waals surface area (Å²) in [5, 5.41) is 14.5. The second kappa shape index (κ2) is 7.62. The third-order valence-electron chi connectivity index (χ3n) is 3.51. The highest BCUT2D eigenvalue weighted by atomic mass is 32.1. The van der Waals surface area contributed by atoms with Gasteiger partial charge >= 0.3 is 0 Å². The van der Waals surface area contributed by atoms with Gasteiger partial charge in [0.25, 0.3) is 12.3 Å². The normalized spacial score (nSPS) is 20.5. The first-order chi connectivity index (χ1) is 11.3. The van der Waals surface area contributed by atoms with Gasteiger partial charge in [-0.05, 0) is 6.42 Å². The molecule has 1 heterocycles. The molecule has 8 nitrogen and oxygen atoms in total. The Bertz CT molecular complexity index is 639. The number of nitrogens with zero attached hydrogens (tertiary/aromatic N) is 1. The molecular formula is C13H16F2N4O4S. The summed E-state index contributed by atoms with van der Waals surface area (Å²) in [5.74, 6) is -2.65. The SMILES string of the molecule is NC(=O)[C@@H]1C[C@@H]1C(=O)NCC(O)CNC(=O)c1scnc1C(F)F. The lowest BCUT2D eigenvalue weighted by molar-refractivity contribution is -0.126. The summed E-state index contributed by atoms with van der Waals surface area (Å²) < 4.78 is 25.3. The molecule has 0 spiro atoms. The lowest BCUT2D eigenvalue weighted by Crippen LogP contribution is -2.40. The zero-order valence-corrected chi connectivity index (χ0v) is 13.2. The van der Waals surface area contributed by atoms with Gasteiger partial charge in [-0.1, -0.05) is 0 Å². The van der Waals surface area contributed by atoms with Gasteiger partial charge in [-0.25, -0.2) is 13.8 Å².